The largest absolute Gasteiger partial charge is 0.306 e. The van der Waals surface area contributed by atoms with Gasteiger partial charge in [-0.3, -0.25) is 4.79 Å². The van der Waals surface area contributed by atoms with Gasteiger partial charge in [0, 0.05) is 10.6 Å². The molecular formula is C14H17ClFNO. The molecule has 1 aromatic rings. The first-order valence-corrected chi connectivity index (χ1v) is 6.49. The fourth-order valence-corrected chi connectivity index (χ4v) is 3.08. The van der Waals surface area contributed by atoms with E-state index in [1.54, 1.807) is 12.1 Å². The van der Waals surface area contributed by atoms with Gasteiger partial charge in [0.05, 0.1) is 5.41 Å². The molecule has 0 bridgehead atoms. The molecule has 2 rings (SSSR count). The summed E-state index contributed by atoms with van der Waals surface area (Å²) in [6, 6.07) is 4.61. The van der Waals surface area contributed by atoms with Crippen molar-refractivity contribution >= 4 is 17.4 Å². The summed E-state index contributed by atoms with van der Waals surface area (Å²) in [4.78, 5) is 14.2. The van der Waals surface area contributed by atoms with Gasteiger partial charge >= 0.3 is 0 Å². The Morgan fingerprint density at radius 2 is 2.00 bits per heavy atom. The molecule has 0 aliphatic carbocycles. The van der Waals surface area contributed by atoms with Gasteiger partial charge in [0.15, 0.2) is 0 Å². The third kappa shape index (κ3) is 2.17. The first kappa shape index (κ1) is 13.5. The summed E-state index contributed by atoms with van der Waals surface area (Å²) in [5, 5.41) is 0.356. The summed E-state index contributed by atoms with van der Waals surface area (Å²) >= 11 is 6.13. The Bertz CT molecular complexity index is 447. The van der Waals surface area contributed by atoms with E-state index in [2.05, 4.69) is 4.90 Å². The average Bonchev–Trinajstić information content (AvgIpc) is 2.31. The summed E-state index contributed by atoms with van der Waals surface area (Å²) in [6.45, 7) is 3.10. The van der Waals surface area contributed by atoms with Gasteiger partial charge in [0.25, 0.3) is 0 Å². The van der Waals surface area contributed by atoms with Gasteiger partial charge in [0.1, 0.15) is 11.6 Å². The van der Waals surface area contributed by atoms with Crippen LogP contribution in [0.4, 0.5) is 4.39 Å². The van der Waals surface area contributed by atoms with E-state index < -0.39 is 5.41 Å². The van der Waals surface area contributed by atoms with Crippen molar-refractivity contribution in [2.24, 2.45) is 0 Å². The summed E-state index contributed by atoms with van der Waals surface area (Å²) in [5.41, 5.74) is -0.373. The maximum Gasteiger partial charge on any atom is 0.140 e. The molecule has 1 aromatic carbocycles. The highest BCUT2D eigenvalue weighted by Gasteiger charge is 2.42. The molecule has 0 amide bonds. The molecule has 0 spiro atoms. The Morgan fingerprint density at radius 3 is 2.50 bits per heavy atom. The van der Waals surface area contributed by atoms with Crippen molar-refractivity contribution in [2.75, 3.05) is 20.1 Å². The molecule has 0 N–H and O–H groups in total. The molecule has 0 unspecified atom stereocenters. The van der Waals surface area contributed by atoms with Crippen LogP contribution in [0.15, 0.2) is 18.2 Å². The molecule has 98 valence electrons. The molecule has 1 aliphatic heterocycles. The van der Waals surface area contributed by atoms with E-state index in [0.717, 1.165) is 13.1 Å². The highest BCUT2D eigenvalue weighted by Crippen LogP contribution is 2.41. The Hall–Kier alpha value is -0.930. The number of benzene rings is 1. The van der Waals surface area contributed by atoms with Gasteiger partial charge in [-0.25, -0.2) is 4.39 Å². The highest BCUT2D eigenvalue weighted by molar-refractivity contribution is 6.31. The lowest BCUT2D eigenvalue weighted by Crippen LogP contribution is -2.46. The number of hydrogen-bond donors (Lipinski definition) is 0. The van der Waals surface area contributed by atoms with Crippen molar-refractivity contribution in [2.45, 2.75) is 25.2 Å². The minimum Gasteiger partial charge on any atom is -0.306 e. The maximum absolute atomic E-state index is 14.1. The first-order chi connectivity index (χ1) is 8.47. The third-order valence-electron chi connectivity index (χ3n) is 3.96. The minimum absolute atomic E-state index is 0.00241. The van der Waals surface area contributed by atoms with Crippen LogP contribution >= 0.6 is 11.6 Å². The average molecular weight is 270 g/mol. The van der Waals surface area contributed by atoms with Crippen LogP contribution in [0.1, 0.15) is 25.3 Å². The van der Waals surface area contributed by atoms with Crippen molar-refractivity contribution in [3.63, 3.8) is 0 Å². The highest BCUT2D eigenvalue weighted by atomic mass is 35.5. The second-order valence-electron chi connectivity index (χ2n) is 5.04. The second-order valence-corrected chi connectivity index (χ2v) is 5.45. The molecule has 1 fully saturated rings. The van der Waals surface area contributed by atoms with Crippen LogP contribution in [-0.4, -0.2) is 30.8 Å². The number of halogens is 2. The number of carbonyl (C=O) groups excluding carboxylic acids is 1. The van der Waals surface area contributed by atoms with Gasteiger partial charge < -0.3 is 4.90 Å². The van der Waals surface area contributed by atoms with Crippen molar-refractivity contribution in [3.8, 4) is 0 Å². The van der Waals surface area contributed by atoms with Crippen LogP contribution in [0.5, 0.6) is 0 Å². The predicted octanol–water partition coefficient (Wildman–Crippen LogP) is 3.03. The van der Waals surface area contributed by atoms with E-state index in [1.165, 1.54) is 13.0 Å². The normalized spacial score (nSPS) is 19.8. The molecule has 0 saturated carbocycles. The van der Waals surface area contributed by atoms with E-state index in [0.29, 0.717) is 23.4 Å². The van der Waals surface area contributed by atoms with Crippen LogP contribution in [0.25, 0.3) is 0 Å². The van der Waals surface area contributed by atoms with Gasteiger partial charge in [-0.05, 0) is 52.0 Å². The molecule has 0 atom stereocenters. The Morgan fingerprint density at radius 1 is 1.39 bits per heavy atom. The lowest BCUT2D eigenvalue weighted by atomic mass is 9.70. The smallest absolute Gasteiger partial charge is 0.140 e. The molecule has 0 aromatic heterocycles. The number of carbonyl (C=O) groups is 1. The number of ketones is 1. The van der Waals surface area contributed by atoms with Gasteiger partial charge in [-0.1, -0.05) is 17.7 Å². The van der Waals surface area contributed by atoms with Gasteiger partial charge in [-0.2, -0.15) is 0 Å². The Kier molecular flexibility index (Phi) is 3.74. The SMILES string of the molecule is CC(=O)C1(c2c(F)cccc2Cl)CCN(C)CC1. The predicted molar refractivity (Wildman–Crippen MR) is 70.5 cm³/mol. The van der Waals surface area contributed by atoms with Crippen LogP contribution in [0.3, 0.4) is 0 Å². The van der Waals surface area contributed by atoms with E-state index in [1.807, 2.05) is 7.05 Å². The topological polar surface area (TPSA) is 20.3 Å². The molecule has 4 heteroatoms. The van der Waals surface area contributed by atoms with E-state index in [9.17, 15) is 9.18 Å². The number of piperidine rings is 1. The number of nitrogens with zero attached hydrogens (tertiary/aromatic N) is 1. The monoisotopic (exact) mass is 269 g/mol. The van der Waals surface area contributed by atoms with Gasteiger partial charge in [0.2, 0.25) is 0 Å². The van der Waals surface area contributed by atoms with Crippen molar-refractivity contribution in [1.82, 2.24) is 4.90 Å². The molecule has 1 heterocycles. The van der Waals surface area contributed by atoms with Gasteiger partial charge in [-0.15, -0.1) is 0 Å². The van der Waals surface area contributed by atoms with Crippen molar-refractivity contribution in [3.05, 3.63) is 34.6 Å². The molecule has 2 nitrogen and oxygen atoms in total. The Balaban J connectivity index is 2.52. The molecule has 0 radical (unpaired) electrons. The van der Waals surface area contributed by atoms with Crippen LogP contribution < -0.4 is 0 Å². The molecule has 1 aliphatic rings. The van der Waals surface area contributed by atoms with E-state index in [-0.39, 0.29) is 11.6 Å². The molecule has 1 saturated heterocycles. The lowest BCUT2D eigenvalue weighted by Gasteiger charge is -2.39. The number of hydrogen-bond acceptors (Lipinski definition) is 2. The standard InChI is InChI=1S/C14H17ClFNO/c1-10(18)14(6-8-17(2)9-7-14)13-11(15)4-3-5-12(13)16/h3-5H,6-9H2,1-2H3. The Labute approximate surface area is 112 Å². The zero-order valence-electron chi connectivity index (χ0n) is 10.7. The zero-order valence-corrected chi connectivity index (χ0v) is 11.4. The molecule has 18 heavy (non-hydrogen) atoms. The summed E-state index contributed by atoms with van der Waals surface area (Å²) in [7, 11) is 2.01. The number of rotatable bonds is 2. The number of likely N-dealkylation sites (tertiary alicyclic amines) is 1. The second kappa shape index (κ2) is 4.98. The summed E-state index contributed by atoms with van der Waals surface area (Å²) < 4.78 is 14.1. The number of Topliss-reactive ketones (excluding diaryl/α,β-unsaturated/α-hetero) is 1. The van der Waals surface area contributed by atoms with E-state index >= 15 is 0 Å². The van der Waals surface area contributed by atoms with E-state index in [4.69, 9.17) is 11.6 Å². The third-order valence-corrected chi connectivity index (χ3v) is 4.27. The fourth-order valence-electron chi connectivity index (χ4n) is 2.73. The van der Waals surface area contributed by atoms with Crippen molar-refractivity contribution < 1.29 is 9.18 Å². The lowest BCUT2D eigenvalue weighted by molar-refractivity contribution is -0.124. The van der Waals surface area contributed by atoms with Crippen LogP contribution in [0.2, 0.25) is 5.02 Å². The maximum atomic E-state index is 14.1. The summed E-state index contributed by atoms with van der Waals surface area (Å²) in [6.07, 6.45) is 1.25. The fraction of sp³-hybridized carbons (Fsp3) is 0.500. The van der Waals surface area contributed by atoms with Crippen LogP contribution in [0, 0.1) is 5.82 Å². The van der Waals surface area contributed by atoms with Crippen molar-refractivity contribution in [1.29, 1.82) is 0 Å². The minimum atomic E-state index is -0.755. The zero-order chi connectivity index (χ0) is 13.3. The summed E-state index contributed by atoms with van der Waals surface area (Å²) in [5.74, 6) is -0.371. The molecular weight excluding hydrogens is 253 g/mol. The quantitative estimate of drug-likeness (QED) is 0.823. The first-order valence-electron chi connectivity index (χ1n) is 6.11. The van der Waals surface area contributed by atoms with Crippen LogP contribution in [-0.2, 0) is 10.2 Å².